The highest BCUT2D eigenvalue weighted by atomic mass is 19.4. The van der Waals surface area contributed by atoms with Gasteiger partial charge < -0.3 is 14.6 Å². The second kappa shape index (κ2) is 5.72. The number of carbonyl (C=O) groups is 1. The predicted octanol–water partition coefficient (Wildman–Crippen LogP) is 2.09. The highest BCUT2D eigenvalue weighted by Gasteiger charge is 2.32. The zero-order valence-corrected chi connectivity index (χ0v) is 9.62. The van der Waals surface area contributed by atoms with Gasteiger partial charge >= 0.3 is 12.3 Å². The van der Waals surface area contributed by atoms with Crippen molar-refractivity contribution in [3.05, 3.63) is 17.3 Å². The summed E-state index contributed by atoms with van der Waals surface area (Å²) in [7, 11) is 1.11. The molecule has 9 heteroatoms. The molecule has 0 saturated carbocycles. The van der Waals surface area contributed by atoms with Crippen molar-refractivity contribution in [1.29, 1.82) is 0 Å². The molecule has 5 nitrogen and oxygen atoms in total. The normalized spacial score (nSPS) is 11.2. The molecule has 0 aliphatic heterocycles. The first-order valence-electron chi connectivity index (χ1n) is 4.87. The van der Waals surface area contributed by atoms with Gasteiger partial charge in [0.2, 0.25) is 5.88 Å². The number of nitrogens with zero attached hydrogens (tertiary/aromatic N) is 1. The molecule has 0 saturated heterocycles. The molecule has 0 fully saturated rings. The Morgan fingerprint density at radius 2 is 2.11 bits per heavy atom. The Kier molecular flexibility index (Phi) is 4.52. The molecule has 0 aromatic carbocycles. The summed E-state index contributed by atoms with van der Waals surface area (Å²) in [5.74, 6) is -2.44. The first-order chi connectivity index (χ1) is 8.76. The molecule has 0 unspecified atom stereocenters. The Hall–Kier alpha value is -2.06. The summed E-state index contributed by atoms with van der Waals surface area (Å²) < 4.78 is 57.1. The van der Waals surface area contributed by atoms with Gasteiger partial charge in [0.25, 0.3) is 0 Å². The van der Waals surface area contributed by atoms with Gasteiger partial charge in [-0.3, -0.25) is 4.79 Å². The molecule has 0 bridgehead atoms. The second-order valence-corrected chi connectivity index (χ2v) is 3.34. The van der Waals surface area contributed by atoms with Crippen molar-refractivity contribution in [1.82, 2.24) is 4.98 Å². The Balaban J connectivity index is 3.23. The van der Waals surface area contributed by atoms with E-state index in [9.17, 15) is 22.4 Å². The fraction of sp³-hybridized carbons (Fsp3) is 0.400. The lowest BCUT2D eigenvalue weighted by Gasteiger charge is -2.14. The van der Waals surface area contributed by atoms with E-state index in [-0.39, 0.29) is 11.3 Å². The number of alkyl halides is 4. The van der Waals surface area contributed by atoms with E-state index in [2.05, 4.69) is 9.72 Å². The quantitative estimate of drug-likeness (QED) is 0.838. The van der Waals surface area contributed by atoms with Gasteiger partial charge in [0.05, 0.1) is 19.2 Å². The lowest BCUT2D eigenvalue weighted by Crippen LogP contribution is -2.19. The van der Waals surface area contributed by atoms with E-state index in [1.807, 2.05) is 0 Å². The summed E-state index contributed by atoms with van der Waals surface area (Å²) >= 11 is 0. The number of carboxylic acid groups (broad SMARTS) is 1. The number of carboxylic acids is 1. The van der Waals surface area contributed by atoms with Crippen LogP contribution in [-0.4, -0.2) is 29.5 Å². The van der Waals surface area contributed by atoms with E-state index < -0.39 is 37.0 Å². The zero-order valence-electron chi connectivity index (χ0n) is 9.62. The van der Waals surface area contributed by atoms with Crippen LogP contribution in [0.5, 0.6) is 11.6 Å². The Morgan fingerprint density at radius 1 is 1.47 bits per heavy atom. The van der Waals surface area contributed by atoms with Gasteiger partial charge in [0.1, 0.15) is 12.4 Å². The third-order valence-corrected chi connectivity index (χ3v) is 2.04. The smallest absolute Gasteiger partial charge is 0.496 e. The molecule has 1 aromatic heterocycles. The number of hydrogen-bond donors (Lipinski definition) is 1. The predicted molar refractivity (Wildman–Crippen MR) is 53.6 cm³/mol. The van der Waals surface area contributed by atoms with Crippen LogP contribution in [0.4, 0.5) is 17.6 Å². The molecule has 0 amide bonds. The highest BCUT2D eigenvalue weighted by molar-refractivity contribution is 5.72. The van der Waals surface area contributed by atoms with Crippen LogP contribution in [0, 0.1) is 0 Å². The van der Waals surface area contributed by atoms with E-state index in [0.717, 1.165) is 13.2 Å². The molecule has 0 aliphatic rings. The van der Waals surface area contributed by atoms with E-state index >= 15 is 0 Å². The fourth-order valence-corrected chi connectivity index (χ4v) is 1.38. The van der Waals surface area contributed by atoms with Gasteiger partial charge in [0, 0.05) is 11.6 Å². The van der Waals surface area contributed by atoms with Crippen LogP contribution in [-0.2, 0) is 17.9 Å². The van der Waals surface area contributed by atoms with Crippen LogP contribution in [0.3, 0.4) is 0 Å². The number of aliphatic carboxylic acids is 1. The molecule has 0 spiro atoms. The van der Waals surface area contributed by atoms with Gasteiger partial charge in [-0.25, -0.2) is 9.37 Å². The summed E-state index contributed by atoms with van der Waals surface area (Å²) in [6.07, 6.45) is -5.61. The molecule has 106 valence electrons. The lowest BCUT2D eigenvalue weighted by atomic mass is 10.1. The fourth-order valence-electron chi connectivity index (χ4n) is 1.38. The third kappa shape index (κ3) is 4.27. The number of methoxy groups -OCH3 is 1. The molecule has 1 aromatic rings. The van der Waals surface area contributed by atoms with Crippen molar-refractivity contribution in [3.8, 4) is 11.6 Å². The first kappa shape index (κ1) is 15.0. The zero-order chi connectivity index (χ0) is 14.6. The molecular weight excluding hydrogens is 274 g/mol. The van der Waals surface area contributed by atoms with Crippen LogP contribution in [0.25, 0.3) is 0 Å². The van der Waals surface area contributed by atoms with Crippen molar-refractivity contribution < 1.29 is 36.9 Å². The second-order valence-electron chi connectivity index (χ2n) is 3.34. The number of halogens is 4. The Labute approximate surface area is 104 Å². The summed E-state index contributed by atoms with van der Waals surface area (Å²) in [6.45, 7) is -1.24. The molecule has 1 rings (SSSR count). The number of rotatable bonds is 5. The maximum Gasteiger partial charge on any atom is 0.574 e. The van der Waals surface area contributed by atoms with Crippen LogP contribution in [0.1, 0.15) is 11.3 Å². The number of hydrogen-bond acceptors (Lipinski definition) is 4. The maximum atomic E-state index is 12.7. The van der Waals surface area contributed by atoms with Crippen molar-refractivity contribution in [2.45, 2.75) is 19.5 Å². The molecule has 1 N–H and O–H groups in total. The summed E-state index contributed by atoms with van der Waals surface area (Å²) in [5, 5.41) is 8.65. The van der Waals surface area contributed by atoms with Crippen LogP contribution < -0.4 is 9.47 Å². The summed E-state index contributed by atoms with van der Waals surface area (Å²) in [5.41, 5.74) is -0.604. The van der Waals surface area contributed by atoms with Gasteiger partial charge in [-0.2, -0.15) is 0 Å². The molecule has 19 heavy (non-hydrogen) atoms. The first-order valence-corrected chi connectivity index (χ1v) is 4.87. The monoisotopic (exact) mass is 283 g/mol. The average Bonchev–Trinajstić information content (AvgIpc) is 2.27. The van der Waals surface area contributed by atoms with Gasteiger partial charge in [-0.05, 0) is 0 Å². The molecule has 1 heterocycles. The van der Waals surface area contributed by atoms with Crippen LogP contribution in [0.15, 0.2) is 6.07 Å². The standard InChI is InChI=1S/C10H9F4NO4/c1-18-7-3-8(19-10(12,13)14)15-6(4-11)5(7)2-9(16)17/h3H,2,4H2,1H3,(H,16,17). The minimum Gasteiger partial charge on any atom is -0.496 e. The van der Waals surface area contributed by atoms with Crippen molar-refractivity contribution >= 4 is 5.97 Å². The number of pyridine rings is 1. The van der Waals surface area contributed by atoms with Crippen LogP contribution >= 0.6 is 0 Å². The van der Waals surface area contributed by atoms with E-state index in [4.69, 9.17) is 9.84 Å². The Morgan fingerprint density at radius 3 is 2.53 bits per heavy atom. The Bertz CT molecular complexity index is 450. The van der Waals surface area contributed by atoms with Gasteiger partial charge in [0.15, 0.2) is 0 Å². The number of ether oxygens (including phenoxy) is 2. The van der Waals surface area contributed by atoms with Gasteiger partial charge in [-0.1, -0.05) is 0 Å². The maximum absolute atomic E-state index is 12.7. The molecule has 0 radical (unpaired) electrons. The lowest BCUT2D eigenvalue weighted by molar-refractivity contribution is -0.276. The minimum atomic E-state index is -4.99. The molecule has 0 aliphatic carbocycles. The summed E-state index contributed by atoms with van der Waals surface area (Å²) in [6, 6.07) is 0.755. The minimum absolute atomic E-state index is 0.132. The summed E-state index contributed by atoms with van der Waals surface area (Å²) in [4.78, 5) is 13.9. The average molecular weight is 283 g/mol. The third-order valence-electron chi connectivity index (χ3n) is 2.04. The SMILES string of the molecule is COc1cc(OC(F)(F)F)nc(CF)c1CC(=O)O. The van der Waals surface area contributed by atoms with Crippen molar-refractivity contribution in [3.63, 3.8) is 0 Å². The number of aromatic nitrogens is 1. The topological polar surface area (TPSA) is 68.7 Å². The van der Waals surface area contributed by atoms with E-state index in [1.54, 1.807) is 0 Å². The van der Waals surface area contributed by atoms with Crippen molar-refractivity contribution in [2.24, 2.45) is 0 Å². The van der Waals surface area contributed by atoms with Crippen molar-refractivity contribution in [2.75, 3.05) is 7.11 Å². The van der Waals surface area contributed by atoms with E-state index in [1.165, 1.54) is 0 Å². The molecule has 0 atom stereocenters. The largest absolute Gasteiger partial charge is 0.574 e. The van der Waals surface area contributed by atoms with Crippen LogP contribution in [0.2, 0.25) is 0 Å². The van der Waals surface area contributed by atoms with Gasteiger partial charge in [-0.15, -0.1) is 13.2 Å². The molecular formula is C10H9F4NO4. The van der Waals surface area contributed by atoms with E-state index in [0.29, 0.717) is 0 Å². The highest BCUT2D eigenvalue weighted by Crippen LogP contribution is 2.30.